The number of hydrogen-bond donors (Lipinski definition) is 1. The number of alkyl halides is 3. The normalized spacial score (nSPS) is 12.5. The number of nitrogens with zero attached hydrogens (tertiary/aromatic N) is 2. The Kier molecular flexibility index (Phi) is 4.49. The van der Waals surface area contributed by atoms with Crippen molar-refractivity contribution in [2.75, 3.05) is 0 Å². The van der Waals surface area contributed by atoms with E-state index in [1.165, 1.54) is 6.07 Å². The summed E-state index contributed by atoms with van der Waals surface area (Å²) >= 11 is 0.993. The quantitative estimate of drug-likeness (QED) is 0.524. The minimum Gasteiger partial charge on any atom is -0.506 e. The number of allylic oxidation sites excluding steroid dienone is 1. The molecule has 0 unspecified atom stereocenters. The van der Waals surface area contributed by atoms with Crippen molar-refractivity contribution in [3.63, 3.8) is 0 Å². The lowest BCUT2D eigenvalue weighted by Gasteiger charge is -2.09. The Morgan fingerprint density at radius 2 is 1.88 bits per heavy atom. The highest BCUT2D eigenvalue weighted by atomic mass is 32.1. The van der Waals surface area contributed by atoms with Crippen molar-refractivity contribution in [2.45, 2.75) is 6.18 Å². The summed E-state index contributed by atoms with van der Waals surface area (Å²) in [6.07, 6.45) is -4.59. The Morgan fingerprint density at radius 3 is 2.58 bits per heavy atom. The summed E-state index contributed by atoms with van der Waals surface area (Å²) < 4.78 is 39.1. The molecule has 0 saturated carbocycles. The van der Waals surface area contributed by atoms with Crippen LogP contribution in [0.4, 0.5) is 13.2 Å². The van der Waals surface area contributed by atoms with Crippen molar-refractivity contribution >= 4 is 32.8 Å². The van der Waals surface area contributed by atoms with Gasteiger partial charge in [0.1, 0.15) is 22.4 Å². The van der Waals surface area contributed by atoms with Crippen molar-refractivity contribution in [1.82, 2.24) is 4.98 Å². The first kappa shape index (κ1) is 17.6. The molecule has 4 nitrogen and oxygen atoms in total. The van der Waals surface area contributed by atoms with Gasteiger partial charge < -0.3 is 5.11 Å². The molecule has 2 aromatic carbocycles. The first-order valence-electron chi connectivity index (χ1n) is 7.22. The molecule has 0 bridgehead atoms. The minimum absolute atomic E-state index is 0.0638. The molecule has 0 aliphatic rings. The highest BCUT2D eigenvalue weighted by Crippen LogP contribution is 2.33. The maximum atomic E-state index is 12.9. The lowest BCUT2D eigenvalue weighted by molar-refractivity contribution is -0.137. The van der Waals surface area contributed by atoms with E-state index in [0.717, 1.165) is 29.5 Å². The van der Waals surface area contributed by atoms with E-state index in [4.69, 9.17) is 0 Å². The molecule has 0 spiro atoms. The summed E-state index contributed by atoms with van der Waals surface area (Å²) in [5.41, 5.74) is -2.10. The van der Waals surface area contributed by atoms with Crippen LogP contribution in [0.3, 0.4) is 0 Å². The molecule has 3 aromatic rings. The highest BCUT2D eigenvalue weighted by Gasteiger charge is 2.31. The van der Waals surface area contributed by atoms with Crippen LogP contribution in [-0.4, -0.2) is 10.1 Å². The van der Waals surface area contributed by atoms with Gasteiger partial charge in [-0.2, -0.15) is 23.4 Å². The average molecular weight is 374 g/mol. The van der Waals surface area contributed by atoms with E-state index < -0.39 is 23.1 Å². The molecular formula is C18H9F3N2O2S. The third-order valence-corrected chi connectivity index (χ3v) is 4.62. The fourth-order valence-corrected chi connectivity index (χ4v) is 3.30. The molecule has 130 valence electrons. The van der Waals surface area contributed by atoms with Crippen molar-refractivity contribution in [3.8, 4) is 6.07 Å². The van der Waals surface area contributed by atoms with Gasteiger partial charge in [0.15, 0.2) is 0 Å². The zero-order valence-electron chi connectivity index (χ0n) is 12.9. The van der Waals surface area contributed by atoms with Crippen molar-refractivity contribution in [3.05, 3.63) is 75.0 Å². The van der Waals surface area contributed by atoms with Crippen LogP contribution in [-0.2, 0) is 6.18 Å². The molecule has 0 saturated heterocycles. The van der Waals surface area contributed by atoms with Crippen LogP contribution in [0.2, 0.25) is 0 Å². The summed E-state index contributed by atoms with van der Waals surface area (Å²) in [5, 5.41) is 20.0. The van der Waals surface area contributed by atoms with Gasteiger partial charge in [0, 0.05) is 10.3 Å². The van der Waals surface area contributed by atoms with Gasteiger partial charge in [-0.15, -0.1) is 11.3 Å². The number of rotatable bonds is 2. The summed E-state index contributed by atoms with van der Waals surface area (Å²) in [7, 11) is 0. The third kappa shape index (κ3) is 3.30. The van der Waals surface area contributed by atoms with E-state index >= 15 is 0 Å². The van der Waals surface area contributed by atoms with Gasteiger partial charge in [-0.05, 0) is 24.3 Å². The second kappa shape index (κ2) is 6.61. The number of aliphatic hydroxyl groups is 1. The molecule has 0 amide bonds. The lowest BCUT2D eigenvalue weighted by atomic mass is 10.1. The van der Waals surface area contributed by atoms with Crippen LogP contribution in [0.5, 0.6) is 0 Å². The van der Waals surface area contributed by atoms with Gasteiger partial charge in [0.05, 0.1) is 10.9 Å². The van der Waals surface area contributed by atoms with Gasteiger partial charge in [0.25, 0.3) is 5.56 Å². The van der Waals surface area contributed by atoms with E-state index in [1.54, 1.807) is 30.3 Å². The number of aromatic nitrogens is 1. The first-order valence-corrected chi connectivity index (χ1v) is 8.04. The van der Waals surface area contributed by atoms with Crippen LogP contribution in [0, 0.1) is 11.3 Å². The molecule has 3 rings (SSSR count). The number of benzene rings is 2. The Hall–Kier alpha value is -3.18. The van der Waals surface area contributed by atoms with E-state index in [0.29, 0.717) is 10.1 Å². The molecule has 0 aliphatic carbocycles. The molecule has 1 heterocycles. The van der Waals surface area contributed by atoms with E-state index in [-0.39, 0.29) is 16.1 Å². The van der Waals surface area contributed by atoms with Crippen LogP contribution in [0.1, 0.15) is 16.1 Å². The standard InChI is InChI=1S/C18H9F3N2O2S/c19-18(20,21)11-5-3-4-10(8-11)15(24)13(9-22)17-23-16(25)12-6-1-2-7-14(12)26-17/h1-8,24H/b15-13-. The smallest absolute Gasteiger partial charge is 0.416 e. The Labute approximate surface area is 149 Å². The maximum absolute atomic E-state index is 12.9. The monoisotopic (exact) mass is 374 g/mol. The molecule has 26 heavy (non-hydrogen) atoms. The number of nitriles is 1. The van der Waals surface area contributed by atoms with E-state index in [1.807, 2.05) is 0 Å². The number of fused-ring (bicyclic) bond motifs is 1. The third-order valence-electron chi connectivity index (χ3n) is 3.55. The van der Waals surface area contributed by atoms with Crippen LogP contribution in [0.15, 0.2) is 53.3 Å². The molecular weight excluding hydrogens is 365 g/mol. The lowest BCUT2D eigenvalue weighted by Crippen LogP contribution is -2.08. The number of halogens is 3. The highest BCUT2D eigenvalue weighted by molar-refractivity contribution is 7.19. The van der Waals surface area contributed by atoms with Crippen molar-refractivity contribution in [2.24, 2.45) is 0 Å². The Balaban J connectivity index is 2.20. The number of hydrogen-bond acceptors (Lipinski definition) is 5. The van der Waals surface area contributed by atoms with Gasteiger partial charge in [0.2, 0.25) is 0 Å². The average Bonchev–Trinajstić information content (AvgIpc) is 2.62. The van der Waals surface area contributed by atoms with Crippen LogP contribution >= 0.6 is 11.3 Å². The van der Waals surface area contributed by atoms with Crippen molar-refractivity contribution in [1.29, 1.82) is 5.26 Å². The van der Waals surface area contributed by atoms with E-state index in [9.17, 15) is 28.3 Å². The van der Waals surface area contributed by atoms with Gasteiger partial charge >= 0.3 is 6.18 Å². The second-order valence-corrected chi connectivity index (χ2v) is 6.26. The first-order chi connectivity index (χ1) is 12.3. The summed E-state index contributed by atoms with van der Waals surface area (Å²) in [6.45, 7) is 0. The molecule has 0 aliphatic heterocycles. The summed E-state index contributed by atoms with van der Waals surface area (Å²) in [5.74, 6) is -0.669. The minimum atomic E-state index is -4.59. The fraction of sp³-hybridized carbons (Fsp3) is 0.0556. The largest absolute Gasteiger partial charge is 0.506 e. The van der Waals surface area contributed by atoms with Crippen LogP contribution in [0.25, 0.3) is 21.4 Å². The molecule has 0 atom stereocenters. The molecule has 1 aromatic heterocycles. The SMILES string of the molecule is N#C/C(=C(/O)c1cccc(C(F)(F)F)c1)c1nc(=O)c2ccccc2s1. The second-order valence-electron chi connectivity index (χ2n) is 5.23. The van der Waals surface area contributed by atoms with Gasteiger partial charge in [-0.1, -0.05) is 24.3 Å². The summed E-state index contributed by atoms with van der Waals surface area (Å²) in [4.78, 5) is 15.9. The van der Waals surface area contributed by atoms with Gasteiger partial charge in [-0.3, -0.25) is 4.79 Å². The zero-order valence-corrected chi connectivity index (χ0v) is 13.7. The predicted octanol–water partition coefficient (Wildman–Crippen LogP) is 4.63. The molecule has 8 heteroatoms. The Morgan fingerprint density at radius 1 is 1.15 bits per heavy atom. The van der Waals surface area contributed by atoms with Crippen LogP contribution < -0.4 is 5.56 Å². The number of aliphatic hydroxyl groups excluding tert-OH is 1. The van der Waals surface area contributed by atoms with E-state index in [2.05, 4.69) is 4.98 Å². The maximum Gasteiger partial charge on any atom is 0.416 e. The molecule has 0 fully saturated rings. The Bertz CT molecular complexity index is 1130. The van der Waals surface area contributed by atoms with Gasteiger partial charge in [-0.25, -0.2) is 0 Å². The topological polar surface area (TPSA) is 74.0 Å². The zero-order chi connectivity index (χ0) is 18.9. The molecule has 0 radical (unpaired) electrons. The predicted molar refractivity (Wildman–Crippen MR) is 92.4 cm³/mol. The summed E-state index contributed by atoms with van der Waals surface area (Å²) in [6, 6.07) is 12.3. The molecule has 1 N–H and O–H groups in total. The van der Waals surface area contributed by atoms with Crippen molar-refractivity contribution < 1.29 is 18.3 Å². The fourth-order valence-electron chi connectivity index (χ4n) is 2.31.